The fraction of sp³-hybridized carbons (Fsp3) is 0.182. The summed E-state index contributed by atoms with van der Waals surface area (Å²) in [6.45, 7) is 3.40. The molecule has 8 heteroatoms. The normalized spacial score (nSPS) is 14.2. The van der Waals surface area contributed by atoms with E-state index in [0.29, 0.717) is 16.8 Å². The summed E-state index contributed by atoms with van der Waals surface area (Å²) >= 11 is 5.97. The van der Waals surface area contributed by atoms with Crippen molar-refractivity contribution >= 4 is 23.2 Å². The predicted molar refractivity (Wildman–Crippen MR) is 117 cm³/mol. The third kappa shape index (κ3) is 3.71. The van der Waals surface area contributed by atoms with Crippen LogP contribution in [0.5, 0.6) is 0 Å². The summed E-state index contributed by atoms with van der Waals surface area (Å²) in [5.41, 5.74) is 1.66. The van der Waals surface area contributed by atoms with Crippen LogP contribution in [-0.2, 0) is 0 Å². The van der Waals surface area contributed by atoms with Crippen molar-refractivity contribution in [3.05, 3.63) is 72.0 Å². The molecule has 0 spiro atoms. The Hall–Kier alpha value is -3.45. The van der Waals surface area contributed by atoms with E-state index in [4.69, 9.17) is 16.0 Å². The molecule has 0 bridgehead atoms. The molecule has 150 valence electrons. The van der Waals surface area contributed by atoms with Gasteiger partial charge in [0.05, 0.1) is 5.56 Å². The number of aromatic nitrogens is 4. The monoisotopic (exact) mass is 418 g/mol. The fourth-order valence-electron chi connectivity index (χ4n) is 3.55. The highest BCUT2D eigenvalue weighted by atomic mass is 35.5. The molecule has 0 atom stereocenters. The summed E-state index contributed by atoms with van der Waals surface area (Å²) in [6, 6.07) is 17.2. The maximum atomic E-state index is 5.97. The zero-order chi connectivity index (χ0) is 20.3. The lowest BCUT2D eigenvalue weighted by Gasteiger charge is -2.36. The number of nitrogens with zero attached hydrogens (tertiary/aromatic N) is 6. The SMILES string of the molecule is Clc1ccc(-c2nnc(-c3cccnc3N3CCN(c4ccccn4)CC3)o2)cc1. The van der Waals surface area contributed by atoms with Gasteiger partial charge in [-0.1, -0.05) is 17.7 Å². The third-order valence-electron chi connectivity index (χ3n) is 5.09. The van der Waals surface area contributed by atoms with Gasteiger partial charge in [-0.15, -0.1) is 10.2 Å². The first-order chi connectivity index (χ1) is 14.8. The van der Waals surface area contributed by atoms with Crippen molar-refractivity contribution in [2.75, 3.05) is 36.0 Å². The lowest BCUT2D eigenvalue weighted by molar-refractivity contribution is 0.582. The molecule has 4 heterocycles. The second-order valence-corrected chi connectivity index (χ2v) is 7.39. The van der Waals surface area contributed by atoms with E-state index in [2.05, 4.69) is 30.0 Å². The van der Waals surface area contributed by atoms with Crippen molar-refractivity contribution in [2.24, 2.45) is 0 Å². The second kappa shape index (κ2) is 8.12. The third-order valence-corrected chi connectivity index (χ3v) is 5.34. The Bertz CT molecular complexity index is 1120. The minimum atomic E-state index is 0.454. The molecule has 3 aromatic heterocycles. The number of benzene rings is 1. The van der Waals surface area contributed by atoms with Crippen LogP contribution >= 0.6 is 11.6 Å². The van der Waals surface area contributed by atoms with Crippen LogP contribution in [0, 0.1) is 0 Å². The maximum Gasteiger partial charge on any atom is 0.251 e. The lowest BCUT2D eigenvalue weighted by Crippen LogP contribution is -2.47. The van der Waals surface area contributed by atoms with E-state index >= 15 is 0 Å². The van der Waals surface area contributed by atoms with Crippen LogP contribution in [0.4, 0.5) is 11.6 Å². The van der Waals surface area contributed by atoms with E-state index in [0.717, 1.165) is 48.9 Å². The van der Waals surface area contributed by atoms with Crippen LogP contribution in [0.2, 0.25) is 5.02 Å². The van der Waals surface area contributed by atoms with Crippen molar-refractivity contribution in [1.82, 2.24) is 20.2 Å². The first-order valence-electron chi connectivity index (χ1n) is 9.74. The van der Waals surface area contributed by atoms with Crippen LogP contribution in [0.3, 0.4) is 0 Å². The molecule has 4 aromatic rings. The summed E-state index contributed by atoms with van der Waals surface area (Å²) < 4.78 is 5.97. The minimum absolute atomic E-state index is 0.454. The molecule has 0 unspecified atom stereocenters. The molecule has 7 nitrogen and oxygen atoms in total. The molecule has 0 saturated carbocycles. The Morgan fingerprint density at radius 3 is 2.23 bits per heavy atom. The molecule has 0 radical (unpaired) electrons. The van der Waals surface area contributed by atoms with E-state index in [1.54, 1.807) is 18.3 Å². The van der Waals surface area contributed by atoms with Gasteiger partial charge in [0.25, 0.3) is 5.89 Å². The zero-order valence-electron chi connectivity index (χ0n) is 16.1. The summed E-state index contributed by atoms with van der Waals surface area (Å²) in [7, 11) is 0. The van der Waals surface area contributed by atoms with E-state index < -0.39 is 0 Å². The van der Waals surface area contributed by atoms with Gasteiger partial charge in [0.15, 0.2) is 0 Å². The van der Waals surface area contributed by atoms with E-state index in [9.17, 15) is 0 Å². The molecule has 1 saturated heterocycles. The van der Waals surface area contributed by atoms with Crippen molar-refractivity contribution in [2.45, 2.75) is 0 Å². The largest absolute Gasteiger partial charge is 0.416 e. The molecular weight excluding hydrogens is 400 g/mol. The average molecular weight is 419 g/mol. The Morgan fingerprint density at radius 1 is 0.733 bits per heavy atom. The number of halogens is 1. The van der Waals surface area contributed by atoms with Gasteiger partial charge in [-0.3, -0.25) is 0 Å². The van der Waals surface area contributed by atoms with Gasteiger partial charge >= 0.3 is 0 Å². The standard InChI is InChI=1S/C22H19ClN6O/c23-17-8-6-16(7-9-17)21-26-27-22(30-21)18-4-3-11-25-20(18)29-14-12-28(13-15-29)19-5-1-2-10-24-19/h1-11H,12-15H2. The van der Waals surface area contributed by atoms with Crippen LogP contribution in [-0.4, -0.2) is 46.3 Å². The Labute approximate surface area is 179 Å². The summed E-state index contributed by atoms with van der Waals surface area (Å²) in [5.74, 6) is 2.76. The van der Waals surface area contributed by atoms with E-state index in [-0.39, 0.29) is 0 Å². The van der Waals surface area contributed by atoms with Gasteiger partial charge < -0.3 is 14.2 Å². The number of pyridine rings is 2. The summed E-state index contributed by atoms with van der Waals surface area (Å²) in [4.78, 5) is 13.6. The Morgan fingerprint density at radius 2 is 1.47 bits per heavy atom. The molecular formula is C22H19ClN6O. The van der Waals surface area contributed by atoms with E-state index in [1.807, 2.05) is 48.7 Å². The highest BCUT2D eigenvalue weighted by Crippen LogP contribution is 2.31. The molecule has 1 aliphatic heterocycles. The van der Waals surface area contributed by atoms with Gasteiger partial charge in [-0.25, -0.2) is 9.97 Å². The Balaban J connectivity index is 1.37. The highest BCUT2D eigenvalue weighted by Gasteiger charge is 2.23. The minimum Gasteiger partial charge on any atom is -0.416 e. The van der Waals surface area contributed by atoms with Gasteiger partial charge in [0.1, 0.15) is 11.6 Å². The number of hydrogen-bond acceptors (Lipinski definition) is 7. The molecule has 0 N–H and O–H groups in total. The number of anilines is 2. The summed E-state index contributed by atoms with van der Waals surface area (Å²) in [6.07, 6.45) is 3.62. The van der Waals surface area contributed by atoms with Crippen LogP contribution in [0.25, 0.3) is 22.9 Å². The van der Waals surface area contributed by atoms with Gasteiger partial charge in [0.2, 0.25) is 5.89 Å². The smallest absolute Gasteiger partial charge is 0.251 e. The van der Waals surface area contributed by atoms with Crippen molar-refractivity contribution < 1.29 is 4.42 Å². The maximum absolute atomic E-state index is 5.97. The van der Waals surface area contributed by atoms with Gasteiger partial charge in [-0.2, -0.15) is 0 Å². The van der Waals surface area contributed by atoms with Crippen molar-refractivity contribution in [3.63, 3.8) is 0 Å². The second-order valence-electron chi connectivity index (χ2n) is 6.96. The number of rotatable bonds is 4. The van der Waals surface area contributed by atoms with Gasteiger partial charge in [0, 0.05) is 49.2 Å². The summed E-state index contributed by atoms with van der Waals surface area (Å²) in [5, 5.41) is 9.14. The quantitative estimate of drug-likeness (QED) is 0.492. The molecule has 1 aromatic carbocycles. The molecule has 5 rings (SSSR count). The Kier molecular flexibility index (Phi) is 5.03. The molecule has 0 amide bonds. The topological polar surface area (TPSA) is 71.2 Å². The number of hydrogen-bond donors (Lipinski definition) is 0. The number of piperazine rings is 1. The highest BCUT2D eigenvalue weighted by molar-refractivity contribution is 6.30. The van der Waals surface area contributed by atoms with Crippen LogP contribution < -0.4 is 9.80 Å². The fourth-order valence-corrected chi connectivity index (χ4v) is 3.67. The van der Waals surface area contributed by atoms with Gasteiger partial charge in [-0.05, 0) is 48.5 Å². The first kappa shape index (κ1) is 18.6. The van der Waals surface area contributed by atoms with Crippen molar-refractivity contribution in [1.29, 1.82) is 0 Å². The molecule has 30 heavy (non-hydrogen) atoms. The van der Waals surface area contributed by atoms with Crippen LogP contribution in [0.1, 0.15) is 0 Å². The zero-order valence-corrected chi connectivity index (χ0v) is 16.9. The molecule has 1 fully saturated rings. The molecule has 0 aliphatic carbocycles. The first-order valence-corrected chi connectivity index (χ1v) is 10.1. The lowest BCUT2D eigenvalue weighted by atomic mass is 10.2. The molecule has 1 aliphatic rings. The predicted octanol–water partition coefficient (Wildman–Crippen LogP) is 4.17. The van der Waals surface area contributed by atoms with Crippen LogP contribution in [0.15, 0.2) is 71.4 Å². The van der Waals surface area contributed by atoms with Crippen molar-refractivity contribution in [3.8, 4) is 22.9 Å². The average Bonchev–Trinajstić information content (AvgIpc) is 3.30. The van der Waals surface area contributed by atoms with E-state index in [1.165, 1.54) is 0 Å².